The third-order valence-electron chi connectivity index (χ3n) is 7.09. The zero-order chi connectivity index (χ0) is 25.3. The maximum Gasteiger partial charge on any atom is 0.340 e. The minimum Gasteiger partial charge on any atom is -0.494 e. The summed E-state index contributed by atoms with van der Waals surface area (Å²) >= 11 is 0. The second-order valence-electron chi connectivity index (χ2n) is 9.92. The Morgan fingerprint density at radius 1 is 1.00 bits per heavy atom. The summed E-state index contributed by atoms with van der Waals surface area (Å²) in [5, 5.41) is 20.6. The van der Waals surface area contributed by atoms with Crippen LogP contribution in [0.2, 0.25) is 0 Å². The van der Waals surface area contributed by atoms with E-state index in [0.29, 0.717) is 29.3 Å². The molecule has 0 radical (unpaired) electrons. The number of unbranched alkanes of at least 4 members (excludes halogenated alkanes) is 3. The van der Waals surface area contributed by atoms with E-state index in [1.165, 1.54) is 41.9 Å². The predicted molar refractivity (Wildman–Crippen MR) is 142 cm³/mol. The van der Waals surface area contributed by atoms with Crippen molar-refractivity contribution >= 4 is 5.97 Å². The lowest BCUT2D eigenvalue weighted by atomic mass is 9.98. The van der Waals surface area contributed by atoms with Gasteiger partial charge in [-0.2, -0.15) is 0 Å². The van der Waals surface area contributed by atoms with E-state index in [0.717, 1.165) is 38.9 Å². The molecule has 2 aromatic carbocycles. The Balaban J connectivity index is 1.22. The van der Waals surface area contributed by atoms with Gasteiger partial charge in [0.25, 0.3) is 0 Å². The van der Waals surface area contributed by atoms with Crippen LogP contribution in [0.1, 0.15) is 60.0 Å². The number of ether oxygens (including phenoxy) is 1. The zero-order valence-electron chi connectivity index (χ0n) is 21.2. The van der Waals surface area contributed by atoms with E-state index in [-0.39, 0.29) is 11.8 Å². The minimum absolute atomic E-state index is 0.0873. The van der Waals surface area contributed by atoms with Gasteiger partial charge < -0.3 is 19.8 Å². The average Bonchev–Trinajstić information content (AvgIpc) is 3.16. The molecule has 2 N–H and O–H groups in total. The van der Waals surface area contributed by atoms with Gasteiger partial charge in [-0.3, -0.25) is 4.57 Å². The summed E-state index contributed by atoms with van der Waals surface area (Å²) in [6.45, 7) is 5.25. The van der Waals surface area contributed by atoms with Gasteiger partial charge in [0.1, 0.15) is 0 Å². The number of hydrogen-bond acceptors (Lipinski definition) is 5. The van der Waals surface area contributed by atoms with E-state index in [2.05, 4.69) is 35.2 Å². The van der Waals surface area contributed by atoms with Crippen LogP contribution in [0.3, 0.4) is 0 Å². The van der Waals surface area contributed by atoms with Gasteiger partial charge in [0.05, 0.1) is 17.9 Å². The summed E-state index contributed by atoms with van der Waals surface area (Å²) in [5.41, 5.74) is 2.68. The standard InChI is InChI=1S/C30H38N2O4/c1-23-20-28(33)32(29(23)34)27-17-9-8-16-26(27)30(35)36-22-25-15-11-19-31(21-25)18-10-3-2-5-12-24-13-6-4-7-14-24/h4,6-9,13-14,16-17,20,25,33-34H,2-3,5,10-12,15,18-19,21-22H2,1H3. The van der Waals surface area contributed by atoms with Gasteiger partial charge in [-0.05, 0) is 69.8 Å². The Kier molecular flexibility index (Phi) is 9.06. The van der Waals surface area contributed by atoms with Gasteiger partial charge >= 0.3 is 5.97 Å². The van der Waals surface area contributed by atoms with Crippen LogP contribution in [0, 0.1) is 12.8 Å². The molecule has 6 heteroatoms. The normalized spacial score (nSPS) is 16.2. The van der Waals surface area contributed by atoms with E-state index in [4.69, 9.17) is 4.74 Å². The van der Waals surface area contributed by atoms with Gasteiger partial charge in [-0.15, -0.1) is 0 Å². The summed E-state index contributed by atoms with van der Waals surface area (Å²) < 4.78 is 6.99. The van der Waals surface area contributed by atoms with Crippen LogP contribution in [-0.2, 0) is 11.2 Å². The predicted octanol–water partition coefficient (Wildman–Crippen LogP) is 5.87. The molecule has 0 aliphatic carbocycles. The fourth-order valence-electron chi connectivity index (χ4n) is 5.11. The summed E-state index contributed by atoms with van der Waals surface area (Å²) in [6, 6.07) is 19.0. The number of benzene rings is 2. The number of nitrogens with zero attached hydrogens (tertiary/aromatic N) is 2. The van der Waals surface area contributed by atoms with Crippen molar-refractivity contribution in [1.82, 2.24) is 9.47 Å². The number of rotatable bonds is 11. The number of carbonyl (C=O) groups excluding carboxylic acids is 1. The number of piperidine rings is 1. The van der Waals surface area contributed by atoms with Gasteiger partial charge in [0.2, 0.25) is 5.88 Å². The number of likely N-dealkylation sites (tertiary alicyclic amines) is 1. The zero-order valence-corrected chi connectivity index (χ0v) is 21.2. The van der Waals surface area contributed by atoms with Crippen molar-refractivity contribution in [2.75, 3.05) is 26.2 Å². The first-order valence-corrected chi connectivity index (χ1v) is 13.2. The summed E-state index contributed by atoms with van der Waals surface area (Å²) in [4.78, 5) is 15.5. The first-order valence-electron chi connectivity index (χ1n) is 13.2. The minimum atomic E-state index is -0.439. The van der Waals surface area contributed by atoms with Crippen LogP contribution in [0.25, 0.3) is 5.69 Å². The van der Waals surface area contributed by atoms with Gasteiger partial charge in [-0.25, -0.2) is 4.79 Å². The topological polar surface area (TPSA) is 74.9 Å². The Bertz CT molecular complexity index is 1130. The molecule has 1 aliphatic rings. The lowest BCUT2D eigenvalue weighted by molar-refractivity contribution is 0.0353. The number of hydrogen-bond donors (Lipinski definition) is 2. The van der Waals surface area contributed by atoms with Gasteiger partial charge in [0.15, 0.2) is 5.88 Å². The average molecular weight is 491 g/mol. The van der Waals surface area contributed by atoms with Crippen molar-refractivity contribution in [2.24, 2.45) is 5.92 Å². The molecule has 1 aliphatic heterocycles. The van der Waals surface area contributed by atoms with Crippen LogP contribution in [0.15, 0.2) is 60.7 Å². The van der Waals surface area contributed by atoms with Crippen molar-refractivity contribution in [1.29, 1.82) is 0 Å². The van der Waals surface area contributed by atoms with Crippen molar-refractivity contribution < 1.29 is 19.7 Å². The largest absolute Gasteiger partial charge is 0.494 e. The molecule has 0 bridgehead atoms. The molecule has 0 saturated carbocycles. The van der Waals surface area contributed by atoms with E-state index < -0.39 is 5.97 Å². The van der Waals surface area contributed by atoms with Crippen LogP contribution < -0.4 is 0 Å². The maximum absolute atomic E-state index is 13.0. The first kappa shape index (κ1) is 25.8. The third-order valence-corrected chi connectivity index (χ3v) is 7.09. The molecule has 4 rings (SSSR count). The lowest BCUT2D eigenvalue weighted by Gasteiger charge is -2.32. The molecule has 1 saturated heterocycles. The lowest BCUT2D eigenvalue weighted by Crippen LogP contribution is -2.38. The highest BCUT2D eigenvalue weighted by atomic mass is 16.5. The Hall–Kier alpha value is -3.25. The highest BCUT2D eigenvalue weighted by Crippen LogP contribution is 2.32. The molecule has 2 heterocycles. The van der Waals surface area contributed by atoms with Crippen LogP contribution in [-0.4, -0.2) is 51.9 Å². The highest BCUT2D eigenvalue weighted by molar-refractivity contribution is 5.93. The van der Waals surface area contributed by atoms with Crippen molar-refractivity contribution in [2.45, 2.75) is 51.9 Å². The number of esters is 1. The van der Waals surface area contributed by atoms with E-state index in [1.54, 1.807) is 31.2 Å². The molecule has 0 amide bonds. The summed E-state index contributed by atoms with van der Waals surface area (Å²) in [6.07, 6.45) is 8.29. The second kappa shape index (κ2) is 12.6. The van der Waals surface area contributed by atoms with Crippen LogP contribution >= 0.6 is 0 Å². The molecule has 6 nitrogen and oxygen atoms in total. The van der Waals surface area contributed by atoms with Crippen molar-refractivity contribution in [3.63, 3.8) is 0 Å². The van der Waals surface area contributed by atoms with Gasteiger partial charge in [0, 0.05) is 24.1 Å². The molecule has 1 fully saturated rings. The molecular weight excluding hydrogens is 452 g/mol. The fraction of sp³-hybridized carbons (Fsp3) is 0.433. The smallest absolute Gasteiger partial charge is 0.340 e. The molecule has 36 heavy (non-hydrogen) atoms. The number of aromatic nitrogens is 1. The van der Waals surface area contributed by atoms with E-state index in [1.807, 2.05) is 0 Å². The monoisotopic (exact) mass is 490 g/mol. The summed E-state index contributed by atoms with van der Waals surface area (Å²) in [7, 11) is 0. The SMILES string of the molecule is Cc1cc(O)n(-c2ccccc2C(=O)OCC2CCCN(CCCCCCc3ccccc3)C2)c1O. The fourth-order valence-corrected chi connectivity index (χ4v) is 5.11. The molecule has 1 aromatic heterocycles. The third kappa shape index (κ3) is 6.70. The molecule has 3 aromatic rings. The second-order valence-corrected chi connectivity index (χ2v) is 9.92. The van der Waals surface area contributed by atoms with E-state index in [9.17, 15) is 15.0 Å². The molecular formula is C30H38N2O4. The molecule has 1 unspecified atom stereocenters. The van der Waals surface area contributed by atoms with E-state index >= 15 is 0 Å². The number of carbonyl (C=O) groups is 1. The first-order chi connectivity index (χ1) is 17.5. The molecule has 0 spiro atoms. The van der Waals surface area contributed by atoms with Crippen LogP contribution in [0.4, 0.5) is 0 Å². The quantitative estimate of drug-likeness (QED) is 0.260. The highest BCUT2D eigenvalue weighted by Gasteiger charge is 2.23. The maximum atomic E-state index is 13.0. The number of aryl methyl sites for hydroxylation is 2. The Morgan fingerprint density at radius 3 is 2.53 bits per heavy atom. The molecule has 1 atom stereocenters. The number of aromatic hydroxyl groups is 2. The Morgan fingerprint density at radius 2 is 1.75 bits per heavy atom. The molecule has 192 valence electrons. The van der Waals surface area contributed by atoms with Crippen molar-refractivity contribution in [3.05, 3.63) is 77.4 Å². The van der Waals surface area contributed by atoms with Gasteiger partial charge in [-0.1, -0.05) is 55.3 Å². The van der Waals surface area contributed by atoms with Crippen molar-refractivity contribution in [3.8, 4) is 17.4 Å². The Labute approximate surface area is 214 Å². The summed E-state index contributed by atoms with van der Waals surface area (Å²) in [5.74, 6) is -0.321. The van der Waals surface area contributed by atoms with Crippen LogP contribution in [0.5, 0.6) is 11.8 Å². The number of para-hydroxylation sites is 1.